The lowest BCUT2D eigenvalue weighted by Gasteiger charge is -2.15. The molecule has 2 aromatic rings. The molecular formula is C20H26N2O4. The van der Waals surface area contributed by atoms with E-state index in [4.69, 9.17) is 14.2 Å². The highest BCUT2D eigenvalue weighted by Gasteiger charge is 2.10. The Morgan fingerprint density at radius 1 is 0.962 bits per heavy atom. The Labute approximate surface area is 154 Å². The van der Waals surface area contributed by atoms with Gasteiger partial charge in [0.1, 0.15) is 5.75 Å². The Kier molecular flexibility index (Phi) is 7.14. The van der Waals surface area contributed by atoms with Crippen LogP contribution in [0, 0.1) is 0 Å². The molecule has 0 saturated heterocycles. The predicted molar refractivity (Wildman–Crippen MR) is 101 cm³/mol. The molecule has 0 spiro atoms. The highest BCUT2D eigenvalue weighted by molar-refractivity contribution is 5.74. The summed E-state index contributed by atoms with van der Waals surface area (Å²) in [5.41, 5.74) is 2.08. The number of ether oxygens (including phenoxy) is 3. The van der Waals surface area contributed by atoms with Gasteiger partial charge in [0.15, 0.2) is 11.5 Å². The predicted octanol–water partition coefficient (Wildman–Crippen LogP) is 3.32. The van der Waals surface area contributed by atoms with Crippen LogP contribution in [0.3, 0.4) is 0 Å². The molecule has 0 aromatic heterocycles. The summed E-state index contributed by atoms with van der Waals surface area (Å²) in [6.07, 6.45) is 0.699. The zero-order valence-electron chi connectivity index (χ0n) is 15.7. The second kappa shape index (κ2) is 9.56. The Morgan fingerprint density at radius 2 is 1.65 bits per heavy atom. The van der Waals surface area contributed by atoms with Crippen molar-refractivity contribution in [2.45, 2.75) is 19.4 Å². The fourth-order valence-electron chi connectivity index (χ4n) is 2.58. The van der Waals surface area contributed by atoms with E-state index in [-0.39, 0.29) is 12.1 Å². The lowest BCUT2D eigenvalue weighted by Crippen LogP contribution is -2.38. The summed E-state index contributed by atoms with van der Waals surface area (Å²) in [5.74, 6) is 2.16. The molecule has 0 bridgehead atoms. The summed E-state index contributed by atoms with van der Waals surface area (Å²) in [6, 6.07) is 13.1. The Balaban J connectivity index is 1.81. The van der Waals surface area contributed by atoms with Gasteiger partial charge in [0.25, 0.3) is 0 Å². The van der Waals surface area contributed by atoms with Gasteiger partial charge in [-0.15, -0.1) is 0 Å². The minimum atomic E-state index is -0.200. The fourth-order valence-corrected chi connectivity index (χ4v) is 2.58. The van der Waals surface area contributed by atoms with E-state index in [0.717, 1.165) is 16.9 Å². The normalized spacial score (nSPS) is 11.4. The standard InChI is InChI=1S/C20H26N2O4/c1-14(16-6-8-17(24-2)9-7-16)22-20(23)21-12-11-15-5-10-18(25-3)19(13-15)26-4/h5-10,13-14H,11-12H2,1-4H3,(H2,21,22,23). The van der Waals surface area contributed by atoms with Crippen molar-refractivity contribution in [3.63, 3.8) is 0 Å². The van der Waals surface area contributed by atoms with E-state index in [1.165, 1.54) is 0 Å². The van der Waals surface area contributed by atoms with Gasteiger partial charge in [-0.2, -0.15) is 0 Å². The first kappa shape index (κ1) is 19.4. The van der Waals surface area contributed by atoms with Gasteiger partial charge in [-0.1, -0.05) is 18.2 Å². The molecule has 1 unspecified atom stereocenters. The number of carbonyl (C=O) groups is 1. The molecule has 0 saturated carbocycles. The summed E-state index contributed by atoms with van der Waals surface area (Å²) in [7, 11) is 4.84. The zero-order chi connectivity index (χ0) is 18.9. The molecule has 26 heavy (non-hydrogen) atoms. The van der Waals surface area contributed by atoms with Crippen LogP contribution in [0.25, 0.3) is 0 Å². The molecule has 0 fully saturated rings. The van der Waals surface area contributed by atoms with E-state index in [9.17, 15) is 4.79 Å². The van der Waals surface area contributed by atoms with Crippen LogP contribution in [0.15, 0.2) is 42.5 Å². The maximum absolute atomic E-state index is 12.1. The van der Waals surface area contributed by atoms with Crippen LogP contribution >= 0.6 is 0 Å². The summed E-state index contributed by atoms with van der Waals surface area (Å²) >= 11 is 0. The topological polar surface area (TPSA) is 68.8 Å². The smallest absolute Gasteiger partial charge is 0.315 e. The van der Waals surface area contributed by atoms with Gasteiger partial charge in [-0.05, 0) is 48.7 Å². The summed E-state index contributed by atoms with van der Waals surface area (Å²) in [6.45, 7) is 2.46. The molecule has 140 valence electrons. The first-order valence-electron chi connectivity index (χ1n) is 8.46. The van der Waals surface area contributed by atoms with E-state index in [1.54, 1.807) is 21.3 Å². The molecule has 0 aliphatic carbocycles. The molecule has 0 aliphatic rings. The number of methoxy groups -OCH3 is 3. The third kappa shape index (κ3) is 5.31. The van der Waals surface area contributed by atoms with Crippen molar-refractivity contribution in [3.8, 4) is 17.2 Å². The minimum absolute atomic E-state index is 0.0954. The molecule has 2 aromatic carbocycles. The molecule has 0 aliphatic heterocycles. The van der Waals surface area contributed by atoms with E-state index in [2.05, 4.69) is 10.6 Å². The molecule has 2 rings (SSSR count). The Morgan fingerprint density at radius 3 is 2.27 bits per heavy atom. The average molecular weight is 358 g/mol. The monoisotopic (exact) mass is 358 g/mol. The highest BCUT2D eigenvalue weighted by Crippen LogP contribution is 2.27. The molecule has 2 amide bonds. The third-order valence-electron chi connectivity index (χ3n) is 4.11. The van der Waals surface area contributed by atoms with Crippen molar-refractivity contribution < 1.29 is 19.0 Å². The van der Waals surface area contributed by atoms with Crippen LogP contribution in [-0.4, -0.2) is 33.9 Å². The van der Waals surface area contributed by atoms with Gasteiger partial charge in [0.2, 0.25) is 0 Å². The largest absolute Gasteiger partial charge is 0.497 e. The molecule has 6 heteroatoms. The number of urea groups is 1. The molecule has 6 nitrogen and oxygen atoms in total. The van der Waals surface area contributed by atoms with Crippen molar-refractivity contribution in [2.24, 2.45) is 0 Å². The van der Waals surface area contributed by atoms with Gasteiger partial charge in [0.05, 0.1) is 27.4 Å². The maximum Gasteiger partial charge on any atom is 0.315 e. The van der Waals surface area contributed by atoms with Gasteiger partial charge >= 0.3 is 6.03 Å². The molecular weight excluding hydrogens is 332 g/mol. The second-order valence-electron chi connectivity index (χ2n) is 5.83. The number of amides is 2. The van der Waals surface area contributed by atoms with Crippen LogP contribution in [0.4, 0.5) is 4.79 Å². The van der Waals surface area contributed by atoms with Crippen molar-refractivity contribution in [1.29, 1.82) is 0 Å². The lowest BCUT2D eigenvalue weighted by molar-refractivity contribution is 0.238. The second-order valence-corrected chi connectivity index (χ2v) is 5.83. The lowest BCUT2D eigenvalue weighted by atomic mass is 10.1. The quantitative estimate of drug-likeness (QED) is 0.760. The number of hydrogen-bond acceptors (Lipinski definition) is 4. The Hall–Kier alpha value is -2.89. The molecule has 1 atom stereocenters. The zero-order valence-corrected chi connectivity index (χ0v) is 15.7. The van der Waals surface area contributed by atoms with E-state index in [0.29, 0.717) is 24.5 Å². The number of hydrogen-bond donors (Lipinski definition) is 2. The third-order valence-corrected chi connectivity index (χ3v) is 4.11. The van der Waals surface area contributed by atoms with E-state index in [1.807, 2.05) is 49.4 Å². The van der Waals surface area contributed by atoms with Crippen molar-refractivity contribution in [3.05, 3.63) is 53.6 Å². The highest BCUT2D eigenvalue weighted by atomic mass is 16.5. The number of carbonyl (C=O) groups excluding carboxylic acids is 1. The van der Waals surface area contributed by atoms with Gasteiger partial charge in [-0.25, -0.2) is 4.79 Å². The summed E-state index contributed by atoms with van der Waals surface area (Å²) in [5, 5.41) is 5.80. The Bertz CT molecular complexity index is 716. The van der Waals surface area contributed by atoms with Crippen molar-refractivity contribution in [1.82, 2.24) is 10.6 Å². The number of benzene rings is 2. The van der Waals surface area contributed by atoms with Crippen LogP contribution in [0.1, 0.15) is 24.1 Å². The van der Waals surface area contributed by atoms with Gasteiger partial charge in [-0.3, -0.25) is 0 Å². The van der Waals surface area contributed by atoms with E-state index >= 15 is 0 Å². The maximum atomic E-state index is 12.1. The van der Waals surface area contributed by atoms with Crippen LogP contribution in [0.2, 0.25) is 0 Å². The summed E-state index contributed by atoms with van der Waals surface area (Å²) in [4.78, 5) is 12.1. The van der Waals surface area contributed by atoms with Crippen LogP contribution < -0.4 is 24.8 Å². The SMILES string of the molecule is COc1ccc(C(C)NC(=O)NCCc2ccc(OC)c(OC)c2)cc1. The molecule has 0 radical (unpaired) electrons. The summed E-state index contributed by atoms with van der Waals surface area (Å²) < 4.78 is 15.7. The molecule has 0 heterocycles. The van der Waals surface area contributed by atoms with Gasteiger partial charge in [0, 0.05) is 6.54 Å². The van der Waals surface area contributed by atoms with Crippen LogP contribution in [0.5, 0.6) is 17.2 Å². The van der Waals surface area contributed by atoms with Crippen molar-refractivity contribution in [2.75, 3.05) is 27.9 Å². The fraction of sp³-hybridized carbons (Fsp3) is 0.350. The number of rotatable bonds is 8. The van der Waals surface area contributed by atoms with Crippen LogP contribution in [-0.2, 0) is 6.42 Å². The van der Waals surface area contributed by atoms with Crippen molar-refractivity contribution >= 4 is 6.03 Å². The molecule has 2 N–H and O–H groups in total. The number of nitrogens with one attached hydrogen (secondary N) is 2. The first-order chi connectivity index (χ1) is 12.6. The first-order valence-corrected chi connectivity index (χ1v) is 8.46. The minimum Gasteiger partial charge on any atom is -0.497 e. The van der Waals surface area contributed by atoms with E-state index < -0.39 is 0 Å². The van der Waals surface area contributed by atoms with Gasteiger partial charge < -0.3 is 24.8 Å². The average Bonchev–Trinajstić information content (AvgIpc) is 2.67.